The van der Waals surface area contributed by atoms with Crippen LogP contribution >= 0.6 is 0 Å². The first-order valence-electron chi connectivity index (χ1n) is 5.01. The lowest BCUT2D eigenvalue weighted by Gasteiger charge is -2.11. The van der Waals surface area contributed by atoms with Crippen molar-refractivity contribution < 1.29 is 13.5 Å². The van der Waals surface area contributed by atoms with Crippen molar-refractivity contribution >= 4 is 0 Å². The fourth-order valence-corrected chi connectivity index (χ4v) is 1.25. The molecule has 0 aliphatic carbocycles. The number of hydrogen-bond donors (Lipinski definition) is 0. The second-order valence-electron chi connectivity index (χ2n) is 3.57. The number of ether oxygens (including phenoxy) is 1. The zero-order chi connectivity index (χ0) is 12.3. The molecule has 0 aliphatic rings. The van der Waals surface area contributed by atoms with Crippen LogP contribution in [-0.4, -0.2) is 20.9 Å². The van der Waals surface area contributed by atoms with Crippen LogP contribution < -0.4 is 0 Å². The molecular weight excluding hydrogens is 228 g/mol. The maximum atomic E-state index is 12.5. The second kappa shape index (κ2) is 4.58. The summed E-state index contributed by atoms with van der Waals surface area (Å²) in [4.78, 5) is 4.10. The molecule has 2 aromatic rings. The Labute approximate surface area is 96.9 Å². The Hall–Kier alpha value is -1.82. The van der Waals surface area contributed by atoms with Gasteiger partial charge in [0.1, 0.15) is 0 Å². The van der Waals surface area contributed by atoms with E-state index >= 15 is 0 Å². The van der Waals surface area contributed by atoms with E-state index in [1.807, 2.05) is 0 Å². The number of hydrogen-bond acceptors (Lipinski definition) is 3. The van der Waals surface area contributed by atoms with E-state index in [1.165, 1.54) is 6.20 Å². The average Bonchev–Trinajstić information content (AvgIpc) is 2.79. The maximum Gasteiger partial charge on any atom is 0.353 e. The molecule has 0 aliphatic heterocycles. The zero-order valence-electron chi connectivity index (χ0n) is 9.18. The van der Waals surface area contributed by atoms with E-state index in [0.717, 1.165) is 0 Å². The van der Waals surface area contributed by atoms with Crippen LogP contribution in [0.5, 0.6) is 0 Å². The Morgan fingerprint density at radius 1 is 1.41 bits per heavy atom. The van der Waals surface area contributed by atoms with Crippen molar-refractivity contribution in [3.8, 4) is 5.82 Å². The molecule has 0 radical (unpaired) electrons. The first-order chi connectivity index (χ1) is 8.04. The topological polar surface area (TPSA) is 39.9 Å². The molecule has 6 heteroatoms. The smallest absolute Gasteiger partial charge is 0.316 e. The van der Waals surface area contributed by atoms with Crippen LogP contribution in [0.15, 0.2) is 36.8 Å². The summed E-state index contributed by atoms with van der Waals surface area (Å²) in [5.74, 6) is 0.627. The van der Waals surface area contributed by atoms with Crippen LogP contribution in [0.1, 0.15) is 12.5 Å². The fourth-order valence-electron chi connectivity index (χ4n) is 1.25. The third kappa shape index (κ3) is 3.32. The third-order valence-corrected chi connectivity index (χ3v) is 2.04. The van der Waals surface area contributed by atoms with Crippen molar-refractivity contribution in [2.45, 2.75) is 19.6 Å². The van der Waals surface area contributed by atoms with Gasteiger partial charge in [0.15, 0.2) is 5.82 Å². The Kier molecular flexibility index (Phi) is 3.14. The highest BCUT2D eigenvalue weighted by atomic mass is 19.3. The van der Waals surface area contributed by atoms with Crippen molar-refractivity contribution in [1.29, 1.82) is 0 Å². The van der Waals surface area contributed by atoms with E-state index in [2.05, 4.69) is 14.8 Å². The van der Waals surface area contributed by atoms with Gasteiger partial charge in [0, 0.05) is 25.5 Å². The average molecular weight is 239 g/mol. The number of alkyl halides is 2. The minimum absolute atomic E-state index is 0.171. The fraction of sp³-hybridized carbons (Fsp3) is 0.273. The Bertz CT molecular complexity index is 462. The van der Waals surface area contributed by atoms with E-state index < -0.39 is 6.11 Å². The first-order valence-corrected chi connectivity index (χ1v) is 5.01. The molecule has 0 amide bonds. The second-order valence-corrected chi connectivity index (χ2v) is 3.57. The molecule has 2 rings (SSSR count). The molecule has 0 spiro atoms. The van der Waals surface area contributed by atoms with Gasteiger partial charge in [0.05, 0.1) is 6.61 Å². The molecular formula is C11H11F2N3O. The SMILES string of the molecule is CC(F)(F)OCc1ccc(-n2cccn2)nc1. The van der Waals surface area contributed by atoms with Gasteiger partial charge in [-0.25, -0.2) is 9.67 Å². The summed E-state index contributed by atoms with van der Waals surface area (Å²) in [5.41, 5.74) is 0.586. The summed E-state index contributed by atoms with van der Waals surface area (Å²) in [7, 11) is 0. The number of nitrogens with zero attached hydrogens (tertiary/aromatic N) is 3. The summed E-state index contributed by atoms with van der Waals surface area (Å²) in [6, 6.07) is 5.14. The summed E-state index contributed by atoms with van der Waals surface area (Å²) in [5, 5.41) is 4.00. The highest BCUT2D eigenvalue weighted by Crippen LogP contribution is 2.16. The molecule has 0 aromatic carbocycles. The Balaban J connectivity index is 2.04. The number of aromatic nitrogens is 3. The molecule has 0 fully saturated rings. The largest absolute Gasteiger partial charge is 0.353 e. The van der Waals surface area contributed by atoms with Crippen LogP contribution in [0.2, 0.25) is 0 Å². The van der Waals surface area contributed by atoms with Crippen molar-refractivity contribution in [2.24, 2.45) is 0 Å². The minimum atomic E-state index is -3.12. The van der Waals surface area contributed by atoms with Crippen LogP contribution in [0.25, 0.3) is 5.82 Å². The first kappa shape index (κ1) is 11.7. The highest BCUT2D eigenvalue weighted by Gasteiger charge is 2.21. The minimum Gasteiger partial charge on any atom is -0.316 e. The molecule has 2 heterocycles. The van der Waals surface area contributed by atoms with E-state index in [1.54, 1.807) is 35.3 Å². The van der Waals surface area contributed by atoms with Crippen LogP contribution in [-0.2, 0) is 11.3 Å². The summed E-state index contributed by atoms with van der Waals surface area (Å²) < 4.78 is 30.8. The molecule has 2 aromatic heterocycles. The van der Waals surface area contributed by atoms with Gasteiger partial charge in [-0.2, -0.15) is 13.9 Å². The lowest BCUT2D eigenvalue weighted by molar-refractivity contribution is -0.231. The van der Waals surface area contributed by atoms with Crippen LogP contribution in [0, 0.1) is 0 Å². The quantitative estimate of drug-likeness (QED) is 0.822. The molecule has 4 nitrogen and oxygen atoms in total. The maximum absolute atomic E-state index is 12.5. The van der Waals surface area contributed by atoms with Crippen molar-refractivity contribution in [2.75, 3.05) is 0 Å². The number of rotatable bonds is 4. The number of halogens is 2. The van der Waals surface area contributed by atoms with Gasteiger partial charge in [-0.05, 0) is 17.7 Å². The van der Waals surface area contributed by atoms with Crippen molar-refractivity contribution in [3.63, 3.8) is 0 Å². The van der Waals surface area contributed by atoms with Crippen LogP contribution in [0.4, 0.5) is 8.78 Å². The van der Waals surface area contributed by atoms with Gasteiger partial charge in [0.2, 0.25) is 0 Å². The molecule has 0 N–H and O–H groups in total. The summed E-state index contributed by atoms with van der Waals surface area (Å²) in [6.45, 7) is 0.536. The predicted molar refractivity (Wildman–Crippen MR) is 56.8 cm³/mol. The highest BCUT2D eigenvalue weighted by molar-refractivity contribution is 5.23. The zero-order valence-corrected chi connectivity index (χ0v) is 9.18. The summed E-state index contributed by atoms with van der Waals surface area (Å²) >= 11 is 0. The molecule has 0 saturated heterocycles. The number of pyridine rings is 1. The van der Waals surface area contributed by atoms with Gasteiger partial charge in [-0.3, -0.25) is 0 Å². The summed E-state index contributed by atoms with van der Waals surface area (Å²) in [6.07, 6.45) is 1.75. The predicted octanol–water partition coefficient (Wildman–Crippen LogP) is 2.40. The Morgan fingerprint density at radius 2 is 2.24 bits per heavy atom. The lowest BCUT2D eigenvalue weighted by Crippen LogP contribution is -2.14. The van der Waals surface area contributed by atoms with Gasteiger partial charge in [-0.1, -0.05) is 6.07 Å². The third-order valence-electron chi connectivity index (χ3n) is 2.04. The van der Waals surface area contributed by atoms with Crippen molar-refractivity contribution in [1.82, 2.24) is 14.8 Å². The van der Waals surface area contributed by atoms with E-state index in [4.69, 9.17) is 0 Å². The lowest BCUT2D eigenvalue weighted by atomic mass is 10.3. The molecule has 0 bridgehead atoms. The Morgan fingerprint density at radius 3 is 2.76 bits per heavy atom. The molecule has 0 atom stereocenters. The molecule has 0 unspecified atom stereocenters. The molecule has 0 saturated carbocycles. The molecule has 17 heavy (non-hydrogen) atoms. The van der Waals surface area contributed by atoms with E-state index in [-0.39, 0.29) is 6.61 Å². The monoisotopic (exact) mass is 239 g/mol. The van der Waals surface area contributed by atoms with Gasteiger partial charge < -0.3 is 4.74 Å². The molecule has 90 valence electrons. The van der Waals surface area contributed by atoms with E-state index in [0.29, 0.717) is 18.3 Å². The van der Waals surface area contributed by atoms with E-state index in [9.17, 15) is 8.78 Å². The van der Waals surface area contributed by atoms with Crippen molar-refractivity contribution in [3.05, 3.63) is 42.4 Å². The van der Waals surface area contributed by atoms with Gasteiger partial charge in [0.25, 0.3) is 0 Å². The normalized spacial score (nSPS) is 11.7. The van der Waals surface area contributed by atoms with Gasteiger partial charge >= 0.3 is 6.11 Å². The van der Waals surface area contributed by atoms with Gasteiger partial charge in [-0.15, -0.1) is 0 Å². The van der Waals surface area contributed by atoms with Crippen LogP contribution in [0.3, 0.4) is 0 Å². The standard InChI is InChI=1S/C11H11F2N3O/c1-11(12,13)17-8-9-3-4-10(14-7-9)16-6-2-5-15-16/h2-7H,8H2,1H3.